The molecule has 0 bridgehead atoms. The fourth-order valence-corrected chi connectivity index (χ4v) is 2.47. The van der Waals surface area contributed by atoms with Crippen molar-refractivity contribution < 1.29 is 4.79 Å². The van der Waals surface area contributed by atoms with E-state index in [1.807, 2.05) is 0 Å². The van der Waals surface area contributed by atoms with Gasteiger partial charge in [0.15, 0.2) is 0 Å². The van der Waals surface area contributed by atoms with Gasteiger partial charge >= 0.3 is 0 Å². The van der Waals surface area contributed by atoms with E-state index < -0.39 is 0 Å². The van der Waals surface area contributed by atoms with Gasteiger partial charge in [0.05, 0.1) is 0 Å². The minimum absolute atomic E-state index is 0.0466. The molecule has 1 amide bonds. The van der Waals surface area contributed by atoms with Crippen LogP contribution in [0.15, 0.2) is 0 Å². The summed E-state index contributed by atoms with van der Waals surface area (Å²) in [6.45, 7) is 0. The number of hydrogen-bond acceptors (Lipinski definition) is 1. The predicted octanol–water partition coefficient (Wildman–Crippen LogP) is 1.83. The Labute approximate surface area is 73.5 Å². The SMILES string of the molecule is NC(=O)C1(CC2CCCC2)CC1. The standard InChI is InChI=1S/C10H17NO/c11-9(12)10(5-6-10)7-8-3-1-2-4-8/h8H,1-7H2,(H2,11,12). The number of carbonyl (C=O) groups is 1. The van der Waals surface area contributed by atoms with Crippen molar-refractivity contribution in [1.29, 1.82) is 0 Å². The van der Waals surface area contributed by atoms with Gasteiger partial charge in [0.25, 0.3) is 0 Å². The zero-order valence-electron chi connectivity index (χ0n) is 7.51. The van der Waals surface area contributed by atoms with E-state index in [9.17, 15) is 4.79 Å². The first-order chi connectivity index (χ1) is 5.73. The summed E-state index contributed by atoms with van der Waals surface area (Å²) in [7, 11) is 0. The molecule has 0 spiro atoms. The summed E-state index contributed by atoms with van der Waals surface area (Å²) in [6.07, 6.45) is 8.57. The van der Waals surface area contributed by atoms with E-state index in [2.05, 4.69) is 0 Å². The van der Waals surface area contributed by atoms with E-state index in [1.54, 1.807) is 0 Å². The van der Waals surface area contributed by atoms with Crippen LogP contribution in [0.3, 0.4) is 0 Å². The molecule has 0 aromatic rings. The van der Waals surface area contributed by atoms with Crippen LogP contribution < -0.4 is 5.73 Å². The van der Waals surface area contributed by atoms with Crippen LogP contribution >= 0.6 is 0 Å². The first-order valence-corrected chi connectivity index (χ1v) is 5.03. The Hall–Kier alpha value is -0.530. The lowest BCUT2D eigenvalue weighted by Gasteiger charge is -2.15. The van der Waals surface area contributed by atoms with Crippen LogP contribution in [-0.2, 0) is 4.79 Å². The maximum atomic E-state index is 11.1. The van der Waals surface area contributed by atoms with Crippen molar-refractivity contribution in [2.75, 3.05) is 0 Å². The van der Waals surface area contributed by atoms with Crippen LogP contribution in [0.1, 0.15) is 44.9 Å². The first-order valence-electron chi connectivity index (χ1n) is 5.03. The van der Waals surface area contributed by atoms with Crippen molar-refractivity contribution >= 4 is 5.91 Å². The van der Waals surface area contributed by atoms with Crippen LogP contribution in [0.25, 0.3) is 0 Å². The molecule has 0 aliphatic heterocycles. The molecule has 2 nitrogen and oxygen atoms in total. The van der Waals surface area contributed by atoms with E-state index in [-0.39, 0.29) is 11.3 Å². The Kier molecular flexibility index (Phi) is 1.85. The zero-order chi connectivity index (χ0) is 8.60. The number of carbonyl (C=O) groups excluding carboxylic acids is 1. The number of rotatable bonds is 3. The highest BCUT2D eigenvalue weighted by atomic mass is 16.1. The summed E-state index contributed by atoms with van der Waals surface area (Å²) in [5.74, 6) is 0.759. The van der Waals surface area contributed by atoms with Crippen molar-refractivity contribution in [3.05, 3.63) is 0 Å². The van der Waals surface area contributed by atoms with Gasteiger partial charge < -0.3 is 5.73 Å². The van der Waals surface area contributed by atoms with Gasteiger partial charge in [-0.2, -0.15) is 0 Å². The molecule has 2 heteroatoms. The van der Waals surface area contributed by atoms with E-state index in [0.29, 0.717) is 0 Å². The molecule has 2 saturated carbocycles. The van der Waals surface area contributed by atoms with Gasteiger partial charge in [-0.15, -0.1) is 0 Å². The molecule has 2 rings (SSSR count). The van der Waals surface area contributed by atoms with Crippen LogP contribution in [0, 0.1) is 11.3 Å². The van der Waals surface area contributed by atoms with Crippen molar-refractivity contribution in [2.24, 2.45) is 17.1 Å². The Balaban J connectivity index is 1.89. The normalized spacial score (nSPS) is 27.3. The maximum absolute atomic E-state index is 11.1. The van der Waals surface area contributed by atoms with Gasteiger partial charge in [-0.25, -0.2) is 0 Å². The van der Waals surface area contributed by atoms with Crippen molar-refractivity contribution in [2.45, 2.75) is 44.9 Å². The predicted molar refractivity (Wildman–Crippen MR) is 47.4 cm³/mol. The van der Waals surface area contributed by atoms with Crippen molar-refractivity contribution in [3.63, 3.8) is 0 Å². The highest BCUT2D eigenvalue weighted by Gasteiger charge is 2.49. The van der Waals surface area contributed by atoms with Gasteiger partial charge in [-0.3, -0.25) is 4.79 Å². The molecule has 2 N–H and O–H groups in total. The molecule has 12 heavy (non-hydrogen) atoms. The van der Waals surface area contributed by atoms with Crippen molar-refractivity contribution in [1.82, 2.24) is 0 Å². The van der Waals surface area contributed by atoms with Crippen LogP contribution in [0.2, 0.25) is 0 Å². The zero-order valence-corrected chi connectivity index (χ0v) is 7.51. The molecule has 0 atom stereocenters. The van der Waals surface area contributed by atoms with E-state index in [4.69, 9.17) is 5.73 Å². The van der Waals surface area contributed by atoms with Crippen LogP contribution in [0.4, 0.5) is 0 Å². The fourth-order valence-electron chi connectivity index (χ4n) is 2.47. The Bertz CT molecular complexity index is 190. The highest BCUT2D eigenvalue weighted by Crippen LogP contribution is 2.52. The van der Waals surface area contributed by atoms with Gasteiger partial charge in [0, 0.05) is 5.41 Å². The summed E-state index contributed by atoms with van der Waals surface area (Å²) in [5, 5.41) is 0. The Morgan fingerprint density at radius 2 is 1.92 bits per heavy atom. The fraction of sp³-hybridized carbons (Fsp3) is 0.900. The van der Waals surface area contributed by atoms with Crippen LogP contribution in [0.5, 0.6) is 0 Å². The topological polar surface area (TPSA) is 43.1 Å². The summed E-state index contributed by atoms with van der Waals surface area (Å²) >= 11 is 0. The number of amides is 1. The molecule has 0 aromatic heterocycles. The van der Waals surface area contributed by atoms with Crippen LogP contribution in [-0.4, -0.2) is 5.91 Å². The second-order valence-electron chi connectivity index (χ2n) is 4.50. The lowest BCUT2D eigenvalue weighted by atomic mass is 9.90. The third-order valence-corrected chi connectivity index (χ3v) is 3.53. The first kappa shape index (κ1) is 8.09. The van der Waals surface area contributed by atoms with E-state index in [0.717, 1.165) is 25.2 Å². The average molecular weight is 167 g/mol. The van der Waals surface area contributed by atoms with E-state index >= 15 is 0 Å². The summed E-state index contributed by atoms with van der Waals surface area (Å²) < 4.78 is 0. The molecule has 0 unspecified atom stereocenters. The molecule has 0 heterocycles. The number of primary amides is 1. The van der Waals surface area contributed by atoms with Gasteiger partial charge in [-0.1, -0.05) is 25.7 Å². The minimum atomic E-state index is -0.0469. The molecule has 0 aromatic carbocycles. The molecular weight excluding hydrogens is 150 g/mol. The quantitative estimate of drug-likeness (QED) is 0.684. The smallest absolute Gasteiger partial charge is 0.223 e. The number of hydrogen-bond donors (Lipinski definition) is 1. The lowest BCUT2D eigenvalue weighted by Crippen LogP contribution is -2.26. The van der Waals surface area contributed by atoms with Gasteiger partial charge in [-0.05, 0) is 25.2 Å². The molecule has 68 valence electrons. The molecule has 2 aliphatic carbocycles. The molecule has 0 saturated heterocycles. The lowest BCUT2D eigenvalue weighted by molar-refractivity contribution is -0.123. The highest BCUT2D eigenvalue weighted by molar-refractivity contribution is 5.83. The third-order valence-electron chi connectivity index (χ3n) is 3.53. The molecule has 0 radical (unpaired) electrons. The van der Waals surface area contributed by atoms with Gasteiger partial charge in [0.2, 0.25) is 5.91 Å². The maximum Gasteiger partial charge on any atom is 0.223 e. The second-order valence-corrected chi connectivity index (χ2v) is 4.50. The summed E-state index contributed by atoms with van der Waals surface area (Å²) in [5.41, 5.74) is 5.33. The Morgan fingerprint density at radius 1 is 1.33 bits per heavy atom. The monoisotopic (exact) mass is 167 g/mol. The number of nitrogens with two attached hydrogens (primary N) is 1. The average Bonchev–Trinajstić information content (AvgIpc) is 2.60. The molecule has 2 fully saturated rings. The third kappa shape index (κ3) is 1.35. The largest absolute Gasteiger partial charge is 0.369 e. The summed E-state index contributed by atoms with van der Waals surface area (Å²) in [6, 6.07) is 0. The van der Waals surface area contributed by atoms with Crippen molar-refractivity contribution in [3.8, 4) is 0 Å². The second kappa shape index (κ2) is 2.75. The summed E-state index contributed by atoms with van der Waals surface area (Å²) in [4.78, 5) is 11.1. The minimum Gasteiger partial charge on any atom is -0.369 e. The molecular formula is C10H17NO. The van der Waals surface area contributed by atoms with Gasteiger partial charge in [0.1, 0.15) is 0 Å². The van der Waals surface area contributed by atoms with E-state index in [1.165, 1.54) is 25.7 Å². The Morgan fingerprint density at radius 3 is 2.33 bits per heavy atom. The molecule has 2 aliphatic rings.